The van der Waals surface area contributed by atoms with E-state index in [1.54, 1.807) is 35.4 Å². The highest BCUT2D eigenvalue weighted by Gasteiger charge is 2.22. The van der Waals surface area contributed by atoms with Gasteiger partial charge in [0.1, 0.15) is 0 Å². The van der Waals surface area contributed by atoms with Gasteiger partial charge >= 0.3 is 0 Å². The molecule has 0 bridgehead atoms. The first-order valence-electron chi connectivity index (χ1n) is 6.77. The molecule has 0 aliphatic heterocycles. The van der Waals surface area contributed by atoms with Gasteiger partial charge in [-0.25, -0.2) is 8.42 Å². The van der Waals surface area contributed by atoms with Crippen LogP contribution in [0.2, 0.25) is 0 Å². The van der Waals surface area contributed by atoms with E-state index < -0.39 is 10.0 Å². The Kier molecular flexibility index (Phi) is 5.53. The fraction of sp³-hybridized carbons (Fsp3) is 0.267. The predicted octanol–water partition coefficient (Wildman–Crippen LogP) is 2.20. The summed E-state index contributed by atoms with van der Waals surface area (Å²) in [6.07, 6.45) is 0. The van der Waals surface area contributed by atoms with E-state index in [0.717, 1.165) is 9.35 Å². The van der Waals surface area contributed by atoms with E-state index in [4.69, 9.17) is 4.84 Å². The molecule has 6 nitrogen and oxygen atoms in total. The van der Waals surface area contributed by atoms with Crippen LogP contribution in [0.15, 0.2) is 46.7 Å². The number of hydrogen-bond acceptors (Lipinski definition) is 5. The van der Waals surface area contributed by atoms with Gasteiger partial charge in [-0.3, -0.25) is 9.63 Å². The van der Waals surface area contributed by atoms with Gasteiger partial charge in [-0.2, -0.15) is 0 Å². The molecule has 0 radical (unpaired) electrons. The van der Waals surface area contributed by atoms with Crippen molar-refractivity contribution >= 4 is 27.3 Å². The topological polar surface area (TPSA) is 66.9 Å². The molecule has 1 amide bonds. The van der Waals surface area contributed by atoms with Crippen molar-refractivity contribution in [2.24, 2.45) is 0 Å². The lowest BCUT2D eigenvalue weighted by atomic mass is 10.2. The summed E-state index contributed by atoms with van der Waals surface area (Å²) < 4.78 is 25.2. The zero-order chi connectivity index (χ0) is 17.0. The quantitative estimate of drug-likeness (QED) is 0.746. The van der Waals surface area contributed by atoms with Crippen LogP contribution in [-0.2, 0) is 21.4 Å². The highest BCUT2D eigenvalue weighted by molar-refractivity contribution is 7.89. The second-order valence-electron chi connectivity index (χ2n) is 4.87. The Labute approximate surface area is 139 Å². The van der Waals surface area contributed by atoms with Gasteiger partial charge in [-0.15, -0.1) is 11.3 Å². The summed E-state index contributed by atoms with van der Waals surface area (Å²) in [6.45, 7) is 0.478. The number of amides is 1. The smallest absolute Gasteiger partial charge is 0.264 e. The van der Waals surface area contributed by atoms with Crippen LogP contribution in [-0.4, -0.2) is 44.9 Å². The Bertz CT molecular complexity index is 773. The molecule has 124 valence electrons. The third-order valence-electron chi connectivity index (χ3n) is 3.29. The van der Waals surface area contributed by atoms with E-state index in [-0.39, 0.29) is 10.8 Å². The Morgan fingerprint density at radius 2 is 1.96 bits per heavy atom. The van der Waals surface area contributed by atoms with Crippen molar-refractivity contribution in [3.8, 4) is 0 Å². The number of thiophene rings is 1. The molecule has 0 fully saturated rings. The molecule has 1 heterocycles. The number of nitrogens with zero attached hydrogens (tertiary/aromatic N) is 2. The number of hydroxylamine groups is 1. The maximum atomic E-state index is 12.5. The normalized spacial score (nSPS) is 11.7. The summed E-state index contributed by atoms with van der Waals surface area (Å²) in [6, 6.07) is 9.80. The van der Waals surface area contributed by atoms with E-state index >= 15 is 0 Å². The van der Waals surface area contributed by atoms with Crippen LogP contribution in [0, 0.1) is 0 Å². The standard InChI is InChI=1S/C15H18N2O4S2/c1-16(11-13-7-5-9-22-13)15(18)12-6-4-8-14(10-12)23(19,20)17(2)21-3/h4-10H,11H2,1-3H3. The van der Waals surface area contributed by atoms with Gasteiger partial charge in [0.2, 0.25) is 0 Å². The molecule has 0 aliphatic rings. The van der Waals surface area contributed by atoms with Crippen molar-refractivity contribution in [3.63, 3.8) is 0 Å². The van der Waals surface area contributed by atoms with Crippen molar-refractivity contribution in [2.45, 2.75) is 11.4 Å². The first-order valence-corrected chi connectivity index (χ1v) is 9.09. The van der Waals surface area contributed by atoms with Crippen molar-refractivity contribution in [1.82, 2.24) is 9.37 Å². The first-order chi connectivity index (χ1) is 10.9. The lowest BCUT2D eigenvalue weighted by molar-refractivity contribution is -0.0258. The highest BCUT2D eigenvalue weighted by Crippen LogP contribution is 2.18. The van der Waals surface area contributed by atoms with Crippen LogP contribution in [0.3, 0.4) is 0 Å². The van der Waals surface area contributed by atoms with Crippen molar-refractivity contribution in [3.05, 3.63) is 52.2 Å². The predicted molar refractivity (Wildman–Crippen MR) is 88.5 cm³/mol. The molecule has 2 aromatic rings. The minimum atomic E-state index is -3.78. The molecule has 23 heavy (non-hydrogen) atoms. The maximum absolute atomic E-state index is 12.5. The molecular weight excluding hydrogens is 336 g/mol. The first kappa shape index (κ1) is 17.6. The number of carbonyl (C=O) groups excluding carboxylic acids is 1. The molecule has 0 unspecified atom stereocenters. The van der Waals surface area contributed by atoms with Crippen LogP contribution in [0.4, 0.5) is 0 Å². The van der Waals surface area contributed by atoms with Gasteiger partial charge in [0.15, 0.2) is 0 Å². The van der Waals surface area contributed by atoms with Gasteiger partial charge in [0.25, 0.3) is 15.9 Å². The van der Waals surface area contributed by atoms with E-state index in [9.17, 15) is 13.2 Å². The number of rotatable bonds is 6. The average Bonchev–Trinajstić information content (AvgIpc) is 3.06. The summed E-state index contributed by atoms with van der Waals surface area (Å²) in [5, 5.41) is 1.95. The third kappa shape index (κ3) is 3.97. The second-order valence-corrected chi connectivity index (χ2v) is 7.83. The fourth-order valence-corrected chi connectivity index (χ4v) is 3.74. The third-order valence-corrected chi connectivity index (χ3v) is 5.83. The van der Waals surface area contributed by atoms with E-state index in [1.807, 2.05) is 17.5 Å². The highest BCUT2D eigenvalue weighted by atomic mass is 32.2. The van der Waals surface area contributed by atoms with Gasteiger partial charge in [-0.05, 0) is 29.6 Å². The lowest BCUT2D eigenvalue weighted by Gasteiger charge is -2.18. The van der Waals surface area contributed by atoms with E-state index in [0.29, 0.717) is 12.1 Å². The minimum absolute atomic E-state index is 0.0113. The number of hydrogen-bond donors (Lipinski definition) is 0. The van der Waals surface area contributed by atoms with Crippen LogP contribution < -0.4 is 0 Å². The zero-order valence-corrected chi connectivity index (χ0v) is 14.7. The molecule has 0 saturated heterocycles. The van der Waals surface area contributed by atoms with Crippen LogP contribution >= 0.6 is 11.3 Å². The Morgan fingerprint density at radius 3 is 2.57 bits per heavy atom. The zero-order valence-electron chi connectivity index (χ0n) is 13.1. The van der Waals surface area contributed by atoms with E-state index in [1.165, 1.54) is 26.3 Å². The van der Waals surface area contributed by atoms with Gasteiger partial charge in [-0.1, -0.05) is 16.6 Å². The molecule has 0 spiro atoms. The summed E-state index contributed by atoms with van der Waals surface area (Å²) in [7, 11) is 0.470. The molecule has 8 heteroatoms. The second kappa shape index (κ2) is 7.22. The summed E-state index contributed by atoms with van der Waals surface area (Å²) in [5.74, 6) is -0.240. The molecule has 0 N–H and O–H groups in total. The number of sulfonamides is 1. The summed E-state index contributed by atoms with van der Waals surface area (Å²) in [5.41, 5.74) is 0.314. The van der Waals surface area contributed by atoms with Gasteiger partial charge < -0.3 is 4.90 Å². The lowest BCUT2D eigenvalue weighted by Crippen LogP contribution is -2.28. The Morgan fingerprint density at radius 1 is 1.22 bits per heavy atom. The van der Waals surface area contributed by atoms with Crippen molar-refractivity contribution < 1.29 is 18.0 Å². The van der Waals surface area contributed by atoms with Crippen LogP contribution in [0.25, 0.3) is 0 Å². The fourth-order valence-electron chi connectivity index (χ4n) is 1.96. The van der Waals surface area contributed by atoms with Crippen molar-refractivity contribution in [2.75, 3.05) is 21.2 Å². The van der Waals surface area contributed by atoms with Crippen molar-refractivity contribution in [1.29, 1.82) is 0 Å². The van der Waals surface area contributed by atoms with Gasteiger partial charge in [0, 0.05) is 24.5 Å². The molecular formula is C15H18N2O4S2. The van der Waals surface area contributed by atoms with Crippen LogP contribution in [0.5, 0.6) is 0 Å². The molecule has 1 aromatic carbocycles. The minimum Gasteiger partial charge on any atom is -0.337 e. The maximum Gasteiger partial charge on any atom is 0.264 e. The monoisotopic (exact) mass is 354 g/mol. The molecule has 1 aromatic heterocycles. The average molecular weight is 354 g/mol. The van der Waals surface area contributed by atoms with E-state index in [2.05, 4.69) is 0 Å². The molecule has 0 aliphatic carbocycles. The Balaban J connectivity index is 2.24. The Hall–Kier alpha value is -1.74. The molecule has 0 saturated carbocycles. The van der Waals surface area contributed by atoms with Gasteiger partial charge in [0.05, 0.1) is 18.6 Å². The molecule has 2 rings (SSSR count). The molecule has 0 atom stereocenters. The SMILES string of the molecule is CON(C)S(=O)(=O)c1cccc(C(=O)N(C)Cc2cccs2)c1. The number of benzene rings is 1. The summed E-state index contributed by atoms with van der Waals surface area (Å²) >= 11 is 1.57. The largest absolute Gasteiger partial charge is 0.337 e. The van der Waals surface area contributed by atoms with Crippen LogP contribution in [0.1, 0.15) is 15.2 Å². The summed E-state index contributed by atoms with van der Waals surface area (Å²) in [4.78, 5) is 19.8. The number of carbonyl (C=O) groups is 1.